The maximum absolute atomic E-state index is 6.33. The van der Waals surface area contributed by atoms with Crippen LogP contribution in [0.4, 0.5) is 5.69 Å². The lowest BCUT2D eigenvalue weighted by Crippen LogP contribution is -2.20. The van der Waals surface area contributed by atoms with Crippen LogP contribution in [0, 0.1) is 0 Å². The maximum Gasteiger partial charge on any atom is 0.118 e. The highest BCUT2D eigenvalue weighted by molar-refractivity contribution is 6.31. The molecule has 4 rings (SSSR count). The molecule has 0 radical (unpaired) electrons. The van der Waals surface area contributed by atoms with Gasteiger partial charge in [0, 0.05) is 28.4 Å². The number of benzene rings is 3. The first kappa shape index (κ1) is 20.5. The van der Waals surface area contributed by atoms with Gasteiger partial charge >= 0.3 is 0 Å². The van der Waals surface area contributed by atoms with Crippen molar-refractivity contribution in [3.63, 3.8) is 0 Å². The lowest BCUT2D eigenvalue weighted by atomic mass is 9.98. The van der Waals surface area contributed by atoms with Crippen molar-refractivity contribution in [3.8, 4) is 5.75 Å². The third-order valence-corrected chi connectivity index (χ3v) is 5.79. The van der Waals surface area contributed by atoms with Gasteiger partial charge < -0.3 is 10.1 Å². The van der Waals surface area contributed by atoms with Crippen LogP contribution in [0.15, 0.2) is 71.7 Å². The molecule has 0 aliphatic carbocycles. The van der Waals surface area contributed by atoms with E-state index < -0.39 is 0 Å². The first-order valence-corrected chi connectivity index (χ1v) is 10.8. The standard InChI is InChI=1S/C26H27ClN2O/c1-17(2)19-6-4-18(5-7-19)14-22-16-28-25-13-10-21(27)15-24(25)26(29-22)20-8-11-23(30-3)12-9-20/h4-13,15,17,22,28H,14,16H2,1-3H3. The number of aliphatic imine (C=N–C) groups is 1. The van der Waals surface area contributed by atoms with Gasteiger partial charge in [-0.25, -0.2) is 0 Å². The summed E-state index contributed by atoms with van der Waals surface area (Å²) in [7, 11) is 1.68. The molecule has 30 heavy (non-hydrogen) atoms. The maximum atomic E-state index is 6.33. The van der Waals surface area contributed by atoms with Gasteiger partial charge in [-0.3, -0.25) is 4.99 Å². The molecule has 3 aromatic rings. The van der Waals surface area contributed by atoms with Crippen molar-refractivity contribution in [2.75, 3.05) is 19.0 Å². The molecule has 4 heteroatoms. The summed E-state index contributed by atoms with van der Waals surface area (Å²) in [4.78, 5) is 5.19. The molecule has 0 amide bonds. The van der Waals surface area contributed by atoms with Crippen molar-refractivity contribution in [1.82, 2.24) is 0 Å². The summed E-state index contributed by atoms with van der Waals surface area (Å²) in [5.74, 6) is 1.37. The number of fused-ring (bicyclic) bond motifs is 1. The molecule has 1 unspecified atom stereocenters. The van der Waals surface area contributed by atoms with Crippen molar-refractivity contribution in [1.29, 1.82) is 0 Å². The first-order valence-electron chi connectivity index (χ1n) is 10.4. The summed E-state index contributed by atoms with van der Waals surface area (Å²) in [5.41, 5.74) is 6.78. The zero-order valence-corrected chi connectivity index (χ0v) is 18.4. The van der Waals surface area contributed by atoms with Gasteiger partial charge in [-0.2, -0.15) is 0 Å². The summed E-state index contributed by atoms with van der Waals surface area (Å²) in [5, 5.41) is 4.28. The van der Waals surface area contributed by atoms with Crippen LogP contribution in [0.3, 0.4) is 0 Å². The van der Waals surface area contributed by atoms with E-state index in [0.29, 0.717) is 10.9 Å². The van der Waals surface area contributed by atoms with Gasteiger partial charge in [0.1, 0.15) is 5.75 Å². The SMILES string of the molecule is COc1ccc(C2=NC(Cc3ccc(C(C)C)cc3)CNc3ccc(Cl)cc32)cc1. The minimum Gasteiger partial charge on any atom is -0.497 e. The van der Waals surface area contributed by atoms with Crippen LogP contribution in [-0.2, 0) is 6.42 Å². The van der Waals surface area contributed by atoms with Crippen molar-refractivity contribution in [2.45, 2.75) is 32.2 Å². The van der Waals surface area contributed by atoms with Gasteiger partial charge in [-0.1, -0.05) is 49.7 Å². The van der Waals surface area contributed by atoms with Crippen LogP contribution in [-0.4, -0.2) is 25.4 Å². The number of hydrogen-bond acceptors (Lipinski definition) is 3. The Bertz CT molecular complexity index is 1040. The fourth-order valence-electron chi connectivity index (χ4n) is 3.80. The highest BCUT2D eigenvalue weighted by Crippen LogP contribution is 2.28. The normalized spacial score (nSPS) is 15.8. The van der Waals surface area contributed by atoms with E-state index in [9.17, 15) is 0 Å². The first-order chi connectivity index (χ1) is 14.5. The van der Waals surface area contributed by atoms with E-state index in [-0.39, 0.29) is 6.04 Å². The predicted octanol–water partition coefficient (Wildman–Crippen LogP) is 6.35. The number of rotatable bonds is 5. The third-order valence-electron chi connectivity index (χ3n) is 5.56. The van der Waals surface area contributed by atoms with Crippen LogP contribution in [0.5, 0.6) is 5.75 Å². The van der Waals surface area contributed by atoms with Crippen LogP contribution in [0.1, 0.15) is 42.0 Å². The van der Waals surface area contributed by atoms with Crippen molar-refractivity contribution in [3.05, 3.63) is 94.0 Å². The van der Waals surface area contributed by atoms with E-state index in [0.717, 1.165) is 41.2 Å². The smallest absolute Gasteiger partial charge is 0.118 e. The Hall–Kier alpha value is -2.78. The molecule has 1 aliphatic heterocycles. The second-order valence-corrected chi connectivity index (χ2v) is 8.47. The molecule has 1 aliphatic rings. The summed E-state index contributed by atoms with van der Waals surface area (Å²) in [6, 6.07) is 23.1. The average Bonchev–Trinajstić information content (AvgIpc) is 2.93. The Balaban J connectivity index is 1.69. The molecular weight excluding hydrogens is 392 g/mol. The molecule has 3 nitrogen and oxygen atoms in total. The zero-order chi connectivity index (χ0) is 21.1. The summed E-state index contributed by atoms with van der Waals surface area (Å²) < 4.78 is 5.32. The molecular formula is C26H27ClN2O. The quantitative estimate of drug-likeness (QED) is 0.524. The van der Waals surface area contributed by atoms with Gasteiger partial charge in [0.15, 0.2) is 0 Å². The van der Waals surface area contributed by atoms with Crippen LogP contribution in [0.25, 0.3) is 0 Å². The van der Waals surface area contributed by atoms with Crippen LogP contribution in [0.2, 0.25) is 5.02 Å². The van der Waals surface area contributed by atoms with E-state index in [2.05, 4.69) is 55.6 Å². The molecule has 0 aromatic heterocycles. The number of anilines is 1. The molecule has 1 atom stereocenters. The monoisotopic (exact) mass is 418 g/mol. The fourth-order valence-corrected chi connectivity index (χ4v) is 3.97. The summed E-state index contributed by atoms with van der Waals surface area (Å²) in [6.07, 6.45) is 0.882. The van der Waals surface area contributed by atoms with E-state index in [1.807, 2.05) is 30.3 Å². The number of benzodiazepines with no additional fused rings is 1. The number of nitrogens with one attached hydrogen (secondary N) is 1. The van der Waals surface area contributed by atoms with E-state index in [1.165, 1.54) is 11.1 Å². The van der Waals surface area contributed by atoms with Gasteiger partial charge in [0.2, 0.25) is 0 Å². The minimum atomic E-state index is 0.123. The number of hydrogen-bond donors (Lipinski definition) is 1. The average molecular weight is 419 g/mol. The summed E-state index contributed by atoms with van der Waals surface area (Å²) >= 11 is 6.33. The topological polar surface area (TPSA) is 33.6 Å². The van der Waals surface area contributed by atoms with Gasteiger partial charge in [0.25, 0.3) is 0 Å². The molecule has 1 N–H and O–H groups in total. The lowest BCUT2D eigenvalue weighted by molar-refractivity contribution is 0.415. The van der Waals surface area contributed by atoms with E-state index >= 15 is 0 Å². The minimum absolute atomic E-state index is 0.123. The Morgan fingerprint density at radius 1 is 1.03 bits per heavy atom. The van der Waals surface area contributed by atoms with Gasteiger partial charge in [-0.05, 0) is 65.9 Å². The van der Waals surface area contributed by atoms with Crippen LogP contribution < -0.4 is 10.1 Å². The highest BCUT2D eigenvalue weighted by Gasteiger charge is 2.20. The van der Waals surface area contributed by atoms with E-state index in [1.54, 1.807) is 7.11 Å². The fraction of sp³-hybridized carbons (Fsp3) is 0.269. The van der Waals surface area contributed by atoms with Crippen LogP contribution >= 0.6 is 11.6 Å². The Morgan fingerprint density at radius 3 is 2.43 bits per heavy atom. The second-order valence-electron chi connectivity index (χ2n) is 8.03. The number of halogens is 1. The van der Waals surface area contributed by atoms with Gasteiger partial charge in [-0.15, -0.1) is 0 Å². The number of methoxy groups -OCH3 is 1. The molecule has 3 aromatic carbocycles. The Kier molecular flexibility index (Phi) is 6.10. The molecule has 1 heterocycles. The van der Waals surface area contributed by atoms with Crippen molar-refractivity contribution < 1.29 is 4.74 Å². The highest BCUT2D eigenvalue weighted by atomic mass is 35.5. The molecule has 0 bridgehead atoms. The van der Waals surface area contributed by atoms with E-state index in [4.69, 9.17) is 21.3 Å². The predicted molar refractivity (Wildman–Crippen MR) is 127 cm³/mol. The zero-order valence-electron chi connectivity index (χ0n) is 17.7. The molecule has 154 valence electrons. The largest absolute Gasteiger partial charge is 0.497 e. The lowest BCUT2D eigenvalue weighted by Gasteiger charge is -2.14. The second kappa shape index (κ2) is 8.93. The Labute approximate surface area is 183 Å². The number of ether oxygens (including phenoxy) is 1. The van der Waals surface area contributed by atoms with Crippen molar-refractivity contribution in [2.24, 2.45) is 4.99 Å². The molecule has 0 saturated heterocycles. The van der Waals surface area contributed by atoms with Crippen molar-refractivity contribution >= 4 is 23.0 Å². The van der Waals surface area contributed by atoms with Gasteiger partial charge in [0.05, 0.1) is 18.9 Å². The Morgan fingerprint density at radius 2 is 1.77 bits per heavy atom. The molecule has 0 saturated carbocycles. The molecule has 0 fully saturated rings. The number of nitrogens with zero attached hydrogens (tertiary/aromatic N) is 1. The summed E-state index contributed by atoms with van der Waals surface area (Å²) in [6.45, 7) is 5.22. The molecule has 0 spiro atoms. The third kappa shape index (κ3) is 4.52.